The lowest BCUT2D eigenvalue weighted by Gasteiger charge is -2.20. The quantitative estimate of drug-likeness (QED) is 0.306. The average molecular weight is 493 g/mol. The Hall–Kier alpha value is -2.38. The van der Waals surface area contributed by atoms with Crippen LogP contribution in [0.1, 0.15) is 11.1 Å². The van der Waals surface area contributed by atoms with Gasteiger partial charge in [-0.25, -0.2) is 4.39 Å². The van der Waals surface area contributed by atoms with Crippen molar-refractivity contribution in [3.63, 3.8) is 0 Å². The van der Waals surface area contributed by atoms with Crippen LogP contribution in [0.4, 0.5) is 4.39 Å². The lowest BCUT2D eigenvalue weighted by Crippen LogP contribution is -2.23. The monoisotopic (exact) mass is 492 g/mol. The highest BCUT2D eigenvalue weighted by atomic mass is 35.5. The zero-order valence-electron chi connectivity index (χ0n) is 17.0. The molecule has 1 aliphatic heterocycles. The van der Waals surface area contributed by atoms with Crippen LogP contribution >= 0.6 is 23.2 Å². The van der Waals surface area contributed by atoms with E-state index in [0.29, 0.717) is 38.9 Å². The van der Waals surface area contributed by atoms with Crippen LogP contribution in [0.5, 0.6) is 5.75 Å². The van der Waals surface area contributed by atoms with Crippen LogP contribution in [-0.2, 0) is 20.7 Å². The zero-order valence-corrected chi connectivity index (χ0v) is 19.3. The zero-order chi connectivity index (χ0) is 22.9. The maximum Gasteiger partial charge on any atom is 0.297 e. The van der Waals surface area contributed by atoms with E-state index in [1.165, 1.54) is 24.3 Å². The van der Waals surface area contributed by atoms with Gasteiger partial charge in [0.2, 0.25) is 0 Å². The van der Waals surface area contributed by atoms with Crippen LogP contribution < -0.4 is 4.74 Å². The molecule has 8 heteroatoms. The van der Waals surface area contributed by atoms with E-state index in [9.17, 15) is 12.8 Å². The van der Waals surface area contributed by atoms with E-state index in [1.54, 1.807) is 42.5 Å². The molecule has 1 unspecified atom stereocenters. The van der Waals surface area contributed by atoms with E-state index in [-0.39, 0.29) is 11.5 Å². The molecule has 0 spiro atoms. The molecule has 4 nitrogen and oxygen atoms in total. The summed E-state index contributed by atoms with van der Waals surface area (Å²) >= 11 is 12.7. The number of hydrogen-bond acceptors (Lipinski definition) is 4. The third-order valence-electron chi connectivity index (χ3n) is 5.02. The van der Waals surface area contributed by atoms with Gasteiger partial charge in [-0.05, 0) is 55.8 Å². The summed E-state index contributed by atoms with van der Waals surface area (Å²) in [5, 5.41) is 0.696. The Kier molecular flexibility index (Phi) is 6.58. The molecule has 0 aliphatic carbocycles. The Labute approximate surface area is 196 Å². The number of benzene rings is 3. The fraction of sp³-hybridized carbons (Fsp3) is 0.167. The van der Waals surface area contributed by atoms with Crippen LogP contribution in [0.3, 0.4) is 0 Å². The molecule has 0 fully saturated rings. The van der Waals surface area contributed by atoms with Gasteiger partial charge in [0, 0.05) is 16.7 Å². The Morgan fingerprint density at radius 1 is 1.09 bits per heavy atom. The Bertz CT molecular complexity index is 1270. The number of allylic oxidation sites excluding steroid dienone is 1. The average Bonchev–Trinajstić information content (AvgIpc) is 2.94. The largest absolute Gasteiger partial charge is 0.483 e. The molecule has 1 aliphatic rings. The minimum Gasteiger partial charge on any atom is -0.483 e. The normalized spacial score (nSPS) is 15.7. The van der Waals surface area contributed by atoms with Crippen molar-refractivity contribution in [3.8, 4) is 16.9 Å². The first-order valence-electron chi connectivity index (χ1n) is 9.81. The molecule has 0 radical (unpaired) electrons. The van der Waals surface area contributed by atoms with Crippen molar-refractivity contribution in [2.45, 2.75) is 24.3 Å². The molecule has 0 aromatic heterocycles. The SMILES string of the molecule is Cc1ccc(S(=O)(=O)OCC2C=CCc3cc(F)cc(-c4c(Cl)cccc4Cl)c3O2)cc1. The summed E-state index contributed by atoms with van der Waals surface area (Å²) in [6.45, 7) is 1.61. The van der Waals surface area contributed by atoms with Crippen LogP contribution in [-0.4, -0.2) is 21.1 Å². The van der Waals surface area contributed by atoms with Gasteiger partial charge in [0.05, 0.1) is 14.9 Å². The fourth-order valence-corrected chi connectivity index (χ4v) is 4.96. The molecule has 0 saturated carbocycles. The van der Waals surface area contributed by atoms with E-state index < -0.39 is 22.0 Å². The highest BCUT2D eigenvalue weighted by Crippen LogP contribution is 2.43. The van der Waals surface area contributed by atoms with Gasteiger partial charge in [0.15, 0.2) is 0 Å². The summed E-state index contributed by atoms with van der Waals surface area (Å²) in [6.07, 6.45) is 3.15. The summed E-state index contributed by atoms with van der Waals surface area (Å²) in [5.41, 5.74) is 2.37. The van der Waals surface area contributed by atoms with Gasteiger partial charge in [-0.15, -0.1) is 0 Å². The van der Waals surface area contributed by atoms with Crippen molar-refractivity contribution in [2.24, 2.45) is 0 Å². The minimum atomic E-state index is -3.96. The van der Waals surface area contributed by atoms with Crippen molar-refractivity contribution < 1.29 is 21.7 Å². The summed E-state index contributed by atoms with van der Waals surface area (Å²) in [4.78, 5) is 0.0618. The predicted octanol–water partition coefficient (Wildman–Crippen LogP) is 6.37. The molecule has 0 bridgehead atoms. The van der Waals surface area contributed by atoms with Gasteiger partial charge in [0.25, 0.3) is 10.1 Å². The Balaban J connectivity index is 1.64. The molecule has 166 valence electrons. The number of halogens is 3. The van der Waals surface area contributed by atoms with Gasteiger partial charge in [-0.3, -0.25) is 4.18 Å². The predicted molar refractivity (Wildman–Crippen MR) is 123 cm³/mol. The lowest BCUT2D eigenvalue weighted by atomic mass is 9.99. The van der Waals surface area contributed by atoms with Crippen LogP contribution in [0.2, 0.25) is 10.0 Å². The standard InChI is InChI=1S/C24H19Cl2FO4S/c1-15-8-10-19(11-9-15)32(28,29)30-14-18-5-2-4-16-12-17(27)13-20(24(16)31-18)23-21(25)6-3-7-22(23)26/h2-3,5-13,18H,4,14H2,1H3. The number of rotatable bonds is 5. The lowest BCUT2D eigenvalue weighted by molar-refractivity contribution is 0.168. The Morgan fingerprint density at radius 2 is 1.78 bits per heavy atom. The highest BCUT2D eigenvalue weighted by Gasteiger charge is 2.24. The number of hydrogen-bond donors (Lipinski definition) is 0. The first kappa shape index (κ1) is 22.8. The van der Waals surface area contributed by atoms with E-state index in [0.717, 1.165) is 5.56 Å². The third-order valence-corrected chi connectivity index (χ3v) is 6.94. The molecule has 4 rings (SSSR count). The van der Waals surface area contributed by atoms with Crippen LogP contribution in [0.25, 0.3) is 11.1 Å². The summed E-state index contributed by atoms with van der Waals surface area (Å²) in [5.74, 6) is -0.0730. The summed E-state index contributed by atoms with van der Waals surface area (Å²) in [6, 6.07) is 14.1. The van der Waals surface area contributed by atoms with Gasteiger partial charge < -0.3 is 4.74 Å². The number of ether oxygens (including phenoxy) is 1. The minimum absolute atomic E-state index is 0.0618. The van der Waals surface area contributed by atoms with Gasteiger partial charge in [0.1, 0.15) is 24.3 Å². The van der Waals surface area contributed by atoms with Gasteiger partial charge in [-0.1, -0.05) is 53.0 Å². The van der Waals surface area contributed by atoms with E-state index in [4.69, 9.17) is 32.1 Å². The molecule has 1 heterocycles. The number of aryl methyl sites for hydroxylation is 1. The van der Waals surface area contributed by atoms with E-state index in [2.05, 4.69) is 0 Å². The molecule has 3 aromatic rings. The van der Waals surface area contributed by atoms with Crippen molar-refractivity contribution in [2.75, 3.05) is 6.61 Å². The maximum absolute atomic E-state index is 14.4. The third kappa shape index (κ3) is 4.84. The van der Waals surface area contributed by atoms with Crippen molar-refractivity contribution in [1.82, 2.24) is 0 Å². The summed E-state index contributed by atoms with van der Waals surface area (Å²) < 4.78 is 50.8. The summed E-state index contributed by atoms with van der Waals surface area (Å²) in [7, 11) is -3.96. The van der Waals surface area contributed by atoms with Crippen LogP contribution in [0.15, 0.2) is 71.6 Å². The molecule has 32 heavy (non-hydrogen) atoms. The van der Waals surface area contributed by atoms with Crippen molar-refractivity contribution in [1.29, 1.82) is 0 Å². The first-order valence-corrected chi connectivity index (χ1v) is 12.0. The smallest absolute Gasteiger partial charge is 0.297 e. The molecule has 0 N–H and O–H groups in total. The molecule has 1 atom stereocenters. The molecular weight excluding hydrogens is 474 g/mol. The maximum atomic E-state index is 14.4. The van der Waals surface area contributed by atoms with E-state index in [1.807, 2.05) is 6.92 Å². The van der Waals surface area contributed by atoms with Gasteiger partial charge in [-0.2, -0.15) is 8.42 Å². The van der Waals surface area contributed by atoms with Crippen LogP contribution in [0, 0.1) is 12.7 Å². The second kappa shape index (κ2) is 9.24. The Morgan fingerprint density at radius 3 is 2.47 bits per heavy atom. The van der Waals surface area contributed by atoms with Gasteiger partial charge >= 0.3 is 0 Å². The van der Waals surface area contributed by atoms with Crippen molar-refractivity contribution in [3.05, 3.63) is 93.7 Å². The highest BCUT2D eigenvalue weighted by molar-refractivity contribution is 7.86. The topological polar surface area (TPSA) is 52.6 Å². The number of fused-ring (bicyclic) bond motifs is 1. The molecular formula is C24H19Cl2FO4S. The van der Waals surface area contributed by atoms with Crippen molar-refractivity contribution >= 4 is 33.3 Å². The second-order valence-corrected chi connectivity index (χ2v) is 9.81. The second-order valence-electron chi connectivity index (χ2n) is 7.38. The molecule has 0 amide bonds. The fourth-order valence-electron chi connectivity index (χ4n) is 3.44. The van der Waals surface area contributed by atoms with E-state index >= 15 is 0 Å². The first-order chi connectivity index (χ1) is 15.2. The molecule has 3 aromatic carbocycles. The molecule has 0 saturated heterocycles.